The first-order valence-corrected chi connectivity index (χ1v) is 13.9. The molecule has 40 heavy (non-hydrogen) atoms. The van der Waals surface area contributed by atoms with E-state index >= 15 is 0 Å². The molecule has 3 aromatic carbocycles. The summed E-state index contributed by atoms with van der Waals surface area (Å²) in [4.78, 5) is 19.7. The van der Waals surface area contributed by atoms with Crippen LogP contribution in [0.1, 0.15) is 40.8 Å². The Balaban J connectivity index is 1.17. The van der Waals surface area contributed by atoms with E-state index in [4.69, 9.17) is 5.26 Å². The van der Waals surface area contributed by atoms with Crippen LogP contribution in [0.5, 0.6) is 0 Å². The summed E-state index contributed by atoms with van der Waals surface area (Å²) < 4.78 is 2.07. The Kier molecular flexibility index (Phi) is 8.70. The van der Waals surface area contributed by atoms with Gasteiger partial charge in [-0.15, -0.1) is 0 Å². The molecule has 0 bridgehead atoms. The number of rotatable bonds is 10. The highest BCUT2D eigenvalue weighted by atomic mass is 16.3. The Morgan fingerprint density at radius 3 is 2.35 bits per heavy atom. The molecule has 5 rings (SSSR count). The van der Waals surface area contributed by atoms with Gasteiger partial charge in [-0.3, -0.25) is 9.69 Å². The van der Waals surface area contributed by atoms with Crippen molar-refractivity contribution in [1.29, 1.82) is 5.26 Å². The summed E-state index contributed by atoms with van der Waals surface area (Å²) in [5.41, 5.74) is 3.33. The molecule has 2 N–H and O–H groups in total. The van der Waals surface area contributed by atoms with Crippen molar-refractivity contribution in [2.45, 2.75) is 31.4 Å². The van der Waals surface area contributed by atoms with Gasteiger partial charge in [-0.05, 0) is 48.2 Å². The van der Waals surface area contributed by atoms with Crippen LogP contribution in [-0.2, 0) is 23.4 Å². The van der Waals surface area contributed by atoms with E-state index in [2.05, 4.69) is 25.8 Å². The molecule has 1 aromatic heterocycles. The molecule has 7 heteroatoms. The number of imidazole rings is 1. The second-order valence-electron chi connectivity index (χ2n) is 10.5. The van der Waals surface area contributed by atoms with Crippen molar-refractivity contribution >= 4 is 5.91 Å². The number of amides is 1. The summed E-state index contributed by atoms with van der Waals surface area (Å²) in [5.74, 6) is -0.0566. The summed E-state index contributed by atoms with van der Waals surface area (Å²) in [7, 11) is 0. The number of nitrogens with one attached hydrogen (secondary N) is 1. The summed E-state index contributed by atoms with van der Waals surface area (Å²) in [6.45, 7) is 3.09. The van der Waals surface area contributed by atoms with Crippen LogP contribution in [0.3, 0.4) is 0 Å². The fourth-order valence-electron chi connectivity index (χ4n) is 5.55. The predicted octanol–water partition coefficient (Wildman–Crippen LogP) is 4.11. The molecule has 7 nitrogen and oxygen atoms in total. The molecule has 0 spiro atoms. The third-order valence-electron chi connectivity index (χ3n) is 7.75. The van der Waals surface area contributed by atoms with Crippen LogP contribution in [0.4, 0.5) is 0 Å². The van der Waals surface area contributed by atoms with Gasteiger partial charge in [0.05, 0.1) is 23.9 Å². The monoisotopic (exact) mass is 533 g/mol. The lowest BCUT2D eigenvalue weighted by atomic mass is 9.84. The predicted molar refractivity (Wildman–Crippen MR) is 154 cm³/mol. The number of carbonyl (C=O) groups is 1. The quantitative estimate of drug-likeness (QED) is 0.320. The zero-order chi connectivity index (χ0) is 27.8. The molecule has 0 aliphatic carbocycles. The molecule has 4 aromatic rings. The van der Waals surface area contributed by atoms with Crippen molar-refractivity contribution in [3.8, 4) is 6.07 Å². The minimum absolute atomic E-state index is 0.0609. The minimum Gasteiger partial charge on any atom is -0.379 e. The molecule has 1 fully saturated rings. The SMILES string of the molecule is N#Cc1ccc(Cn2cncc2CCNC(=O)C2CCCN(CC(O)(c3ccccc3)c3ccccc3)C2)cc1. The van der Waals surface area contributed by atoms with Gasteiger partial charge in [0.1, 0.15) is 5.60 Å². The third-order valence-corrected chi connectivity index (χ3v) is 7.75. The molecular weight excluding hydrogens is 498 g/mol. The van der Waals surface area contributed by atoms with Gasteiger partial charge in [-0.25, -0.2) is 4.98 Å². The maximum atomic E-state index is 13.2. The van der Waals surface area contributed by atoms with E-state index in [9.17, 15) is 9.90 Å². The maximum absolute atomic E-state index is 13.2. The molecule has 1 aliphatic heterocycles. The number of hydrogen-bond acceptors (Lipinski definition) is 5. The van der Waals surface area contributed by atoms with E-state index in [1.54, 1.807) is 6.33 Å². The summed E-state index contributed by atoms with van der Waals surface area (Å²) >= 11 is 0. The summed E-state index contributed by atoms with van der Waals surface area (Å²) in [5, 5.41) is 24.1. The molecule has 1 saturated heterocycles. The lowest BCUT2D eigenvalue weighted by Gasteiger charge is -2.39. The molecule has 1 atom stereocenters. The number of aliphatic hydroxyl groups is 1. The highest BCUT2D eigenvalue weighted by Crippen LogP contribution is 2.32. The number of carbonyl (C=O) groups excluding carboxylic acids is 1. The topological polar surface area (TPSA) is 94.2 Å². The number of nitrogens with zero attached hydrogens (tertiary/aromatic N) is 4. The number of hydrogen-bond donors (Lipinski definition) is 2. The summed E-state index contributed by atoms with van der Waals surface area (Å²) in [6, 6.07) is 29.3. The average molecular weight is 534 g/mol. The van der Waals surface area contributed by atoms with Crippen LogP contribution >= 0.6 is 0 Å². The molecular formula is C33H35N5O2. The van der Waals surface area contributed by atoms with Crippen molar-refractivity contribution < 1.29 is 9.90 Å². The second kappa shape index (κ2) is 12.7. The number of aromatic nitrogens is 2. The Hall–Kier alpha value is -4.25. The van der Waals surface area contributed by atoms with Crippen molar-refractivity contribution in [3.63, 3.8) is 0 Å². The van der Waals surface area contributed by atoms with Gasteiger partial charge in [0, 0.05) is 44.5 Å². The van der Waals surface area contributed by atoms with Gasteiger partial charge < -0.3 is 15.0 Å². The number of piperidine rings is 1. The van der Waals surface area contributed by atoms with Crippen molar-refractivity contribution in [3.05, 3.63) is 125 Å². The third kappa shape index (κ3) is 6.48. The molecule has 1 aliphatic rings. The first-order chi connectivity index (χ1) is 19.5. The number of benzene rings is 3. The minimum atomic E-state index is -1.16. The Morgan fingerprint density at radius 2 is 1.70 bits per heavy atom. The summed E-state index contributed by atoms with van der Waals surface area (Å²) in [6.07, 6.45) is 6.07. The van der Waals surface area contributed by atoms with Crippen molar-refractivity contribution in [2.24, 2.45) is 5.92 Å². The maximum Gasteiger partial charge on any atom is 0.224 e. The van der Waals surface area contributed by atoms with Gasteiger partial charge in [-0.1, -0.05) is 72.8 Å². The fraction of sp³-hybridized carbons (Fsp3) is 0.303. The lowest BCUT2D eigenvalue weighted by Crippen LogP contribution is -2.49. The molecule has 2 heterocycles. The van der Waals surface area contributed by atoms with Gasteiger partial charge >= 0.3 is 0 Å². The molecule has 1 amide bonds. The van der Waals surface area contributed by atoms with Gasteiger partial charge in [0.2, 0.25) is 5.91 Å². The van der Waals surface area contributed by atoms with E-state index in [-0.39, 0.29) is 11.8 Å². The van der Waals surface area contributed by atoms with Gasteiger partial charge in [-0.2, -0.15) is 5.26 Å². The van der Waals surface area contributed by atoms with Crippen LogP contribution in [0, 0.1) is 17.2 Å². The second-order valence-corrected chi connectivity index (χ2v) is 10.5. The van der Waals surface area contributed by atoms with E-state index in [0.29, 0.717) is 38.2 Å². The smallest absolute Gasteiger partial charge is 0.224 e. The van der Waals surface area contributed by atoms with Crippen molar-refractivity contribution in [2.75, 3.05) is 26.2 Å². The highest BCUT2D eigenvalue weighted by molar-refractivity contribution is 5.79. The van der Waals surface area contributed by atoms with Crippen LogP contribution in [0.15, 0.2) is 97.5 Å². The number of likely N-dealkylation sites (tertiary alicyclic amines) is 1. The van der Waals surface area contributed by atoms with Crippen LogP contribution in [-0.4, -0.2) is 51.6 Å². The largest absolute Gasteiger partial charge is 0.379 e. The van der Waals surface area contributed by atoms with Crippen LogP contribution in [0.25, 0.3) is 0 Å². The van der Waals surface area contributed by atoms with Gasteiger partial charge in [0.25, 0.3) is 0 Å². The molecule has 0 saturated carbocycles. The van der Waals surface area contributed by atoms with Crippen LogP contribution < -0.4 is 5.32 Å². The van der Waals surface area contributed by atoms with E-state index in [1.165, 1.54) is 0 Å². The Bertz CT molecular complexity index is 1390. The number of β-amino-alcohol motifs (C(OH)–C–C–N with tert-alkyl or cyclic N) is 1. The molecule has 204 valence electrons. The Labute approximate surface area is 235 Å². The first-order valence-electron chi connectivity index (χ1n) is 13.9. The lowest BCUT2D eigenvalue weighted by molar-refractivity contribution is -0.127. The first kappa shape index (κ1) is 27.3. The molecule has 0 radical (unpaired) electrons. The highest BCUT2D eigenvalue weighted by Gasteiger charge is 2.36. The number of nitriles is 1. The molecule has 1 unspecified atom stereocenters. The van der Waals surface area contributed by atoms with Gasteiger partial charge in [0.15, 0.2) is 0 Å². The van der Waals surface area contributed by atoms with E-state index in [1.807, 2.05) is 91.1 Å². The zero-order valence-electron chi connectivity index (χ0n) is 22.6. The van der Waals surface area contributed by atoms with Crippen LogP contribution in [0.2, 0.25) is 0 Å². The fourth-order valence-corrected chi connectivity index (χ4v) is 5.55. The van der Waals surface area contributed by atoms with E-state index in [0.717, 1.165) is 41.8 Å². The van der Waals surface area contributed by atoms with Crippen molar-refractivity contribution in [1.82, 2.24) is 19.8 Å². The normalized spacial score (nSPS) is 15.8. The average Bonchev–Trinajstić information content (AvgIpc) is 3.45. The zero-order valence-corrected chi connectivity index (χ0v) is 22.6. The standard InChI is InChI=1S/C33H35N5O2/c34-20-26-13-15-27(16-14-26)22-38-25-35-21-31(38)17-18-36-32(39)28-8-7-19-37(23-28)24-33(40,29-9-3-1-4-10-29)30-11-5-2-6-12-30/h1-6,9-16,21,25,28,40H,7-8,17-19,22-24H2,(H,36,39). The Morgan fingerprint density at radius 1 is 1.02 bits per heavy atom. The van der Waals surface area contributed by atoms with E-state index < -0.39 is 5.60 Å².